The lowest BCUT2D eigenvalue weighted by Gasteiger charge is -2.05. The molecular formula is C14H14N4O2S. The van der Waals surface area contributed by atoms with Crippen LogP contribution in [0.1, 0.15) is 5.56 Å². The van der Waals surface area contributed by atoms with E-state index in [-0.39, 0.29) is 11.7 Å². The van der Waals surface area contributed by atoms with Crippen molar-refractivity contribution in [1.29, 1.82) is 0 Å². The van der Waals surface area contributed by atoms with Gasteiger partial charge in [-0.3, -0.25) is 0 Å². The topological polar surface area (TPSA) is 90.3 Å². The molecule has 108 valence electrons. The maximum atomic E-state index is 11.3. The molecule has 0 spiro atoms. The first-order chi connectivity index (χ1) is 9.92. The Balaban J connectivity index is 2.03. The number of nitrogen functional groups attached to an aromatic ring is 1. The Hall–Kier alpha value is -2.41. The predicted octanol–water partition coefficient (Wildman–Crippen LogP) is 1.52. The average molecular weight is 302 g/mol. The zero-order valence-corrected chi connectivity index (χ0v) is 12.2. The molecule has 21 heavy (non-hydrogen) atoms. The van der Waals surface area contributed by atoms with E-state index in [4.69, 9.17) is 5.73 Å². The van der Waals surface area contributed by atoms with Crippen LogP contribution < -0.4 is 5.73 Å². The Morgan fingerprint density at radius 3 is 2.57 bits per heavy atom. The van der Waals surface area contributed by atoms with Gasteiger partial charge in [-0.15, -0.1) is 5.10 Å². The maximum absolute atomic E-state index is 11.3. The van der Waals surface area contributed by atoms with Gasteiger partial charge in [-0.05, 0) is 23.3 Å². The van der Waals surface area contributed by atoms with Gasteiger partial charge in [0.1, 0.15) is 0 Å². The molecule has 0 bridgehead atoms. The molecule has 0 radical (unpaired) electrons. The Morgan fingerprint density at radius 1 is 1.19 bits per heavy atom. The second-order valence-electron chi connectivity index (χ2n) is 4.93. The van der Waals surface area contributed by atoms with Gasteiger partial charge in [-0.1, -0.05) is 24.3 Å². The van der Waals surface area contributed by atoms with Gasteiger partial charge >= 0.3 is 0 Å². The van der Waals surface area contributed by atoms with Gasteiger partial charge in [-0.2, -0.15) is 4.98 Å². The number of hydrogen-bond donors (Lipinski definition) is 1. The lowest BCUT2D eigenvalue weighted by Crippen LogP contribution is -2.00. The van der Waals surface area contributed by atoms with Gasteiger partial charge in [0.05, 0.1) is 5.75 Å². The van der Waals surface area contributed by atoms with Crippen molar-refractivity contribution in [1.82, 2.24) is 14.6 Å². The highest BCUT2D eigenvalue weighted by Crippen LogP contribution is 2.24. The van der Waals surface area contributed by atoms with E-state index in [2.05, 4.69) is 10.1 Å². The number of fused-ring (bicyclic) bond motifs is 1. The van der Waals surface area contributed by atoms with E-state index < -0.39 is 9.84 Å². The average Bonchev–Trinajstić information content (AvgIpc) is 2.78. The lowest BCUT2D eigenvalue weighted by molar-refractivity contribution is 0.601. The summed E-state index contributed by atoms with van der Waals surface area (Å²) in [5.41, 5.74) is 8.88. The lowest BCUT2D eigenvalue weighted by atomic mass is 10.1. The fourth-order valence-electron chi connectivity index (χ4n) is 2.23. The minimum atomic E-state index is -3.03. The summed E-state index contributed by atoms with van der Waals surface area (Å²) in [6.45, 7) is 0. The first-order valence-electron chi connectivity index (χ1n) is 6.30. The molecule has 0 aliphatic carbocycles. The molecule has 0 unspecified atom stereocenters. The fourth-order valence-corrected chi connectivity index (χ4v) is 3.03. The van der Waals surface area contributed by atoms with Crippen molar-refractivity contribution in [2.24, 2.45) is 0 Å². The maximum Gasteiger partial charge on any atom is 0.240 e. The summed E-state index contributed by atoms with van der Waals surface area (Å²) in [6, 6.07) is 11.1. The first kappa shape index (κ1) is 13.6. The van der Waals surface area contributed by atoms with Crippen LogP contribution in [0.15, 0.2) is 42.6 Å². The Kier molecular flexibility index (Phi) is 3.13. The number of sulfone groups is 1. The number of benzene rings is 1. The second kappa shape index (κ2) is 4.85. The third-order valence-electron chi connectivity index (χ3n) is 3.07. The molecule has 0 fully saturated rings. The van der Waals surface area contributed by atoms with Crippen LogP contribution >= 0.6 is 0 Å². The van der Waals surface area contributed by atoms with Gasteiger partial charge in [0.15, 0.2) is 15.5 Å². The van der Waals surface area contributed by atoms with E-state index in [1.807, 2.05) is 24.3 Å². The molecule has 2 aromatic heterocycles. The number of pyridine rings is 1. The predicted molar refractivity (Wildman–Crippen MR) is 81.4 cm³/mol. The van der Waals surface area contributed by atoms with Crippen molar-refractivity contribution in [3.63, 3.8) is 0 Å². The van der Waals surface area contributed by atoms with Crippen molar-refractivity contribution >= 4 is 21.4 Å². The Labute approximate surface area is 122 Å². The molecule has 0 atom stereocenters. The van der Waals surface area contributed by atoms with Crippen molar-refractivity contribution in [2.45, 2.75) is 5.75 Å². The van der Waals surface area contributed by atoms with E-state index in [0.29, 0.717) is 5.65 Å². The van der Waals surface area contributed by atoms with E-state index in [1.165, 1.54) is 6.26 Å². The number of rotatable bonds is 3. The summed E-state index contributed by atoms with van der Waals surface area (Å²) in [5, 5.41) is 4.07. The summed E-state index contributed by atoms with van der Waals surface area (Å²) in [7, 11) is -3.03. The molecule has 0 aliphatic heterocycles. The third-order valence-corrected chi connectivity index (χ3v) is 3.93. The third kappa shape index (κ3) is 2.87. The van der Waals surface area contributed by atoms with Crippen LogP contribution in [0, 0.1) is 0 Å². The zero-order valence-electron chi connectivity index (χ0n) is 11.4. The smallest absolute Gasteiger partial charge is 0.240 e. The number of nitrogens with zero attached hydrogens (tertiary/aromatic N) is 3. The summed E-state index contributed by atoms with van der Waals surface area (Å²) in [6.07, 6.45) is 3.00. The van der Waals surface area contributed by atoms with Gasteiger partial charge in [0, 0.05) is 18.0 Å². The number of aromatic nitrogens is 3. The summed E-state index contributed by atoms with van der Waals surface area (Å²) in [4.78, 5) is 4.21. The molecule has 2 heterocycles. The molecule has 0 aliphatic rings. The van der Waals surface area contributed by atoms with E-state index in [9.17, 15) is 8.42 Å². The van der Waals surface area contributed by atoms with Crippen LogP contribution in [-0.2, 0) is 15.6 Å². The summed E-state index contributed by atoms with van der Waals surface area (Å²) < 4.78 is 24.2. The van der Waals surface area contributed by atoms with E-state index in [0.717, 1.165) is 16.7 Å². The number of anilines is 1. The Bertz CT molecular complexity index is 898. The van der Waals surface area contributed by atoms with E-state index >= 15 is 0 Å². The van der Waals surface area contributed by atoms with Gasteiger partial charge in [-0.25, -0.2) is 12.9 Å². The Morgan fingerprint density at radius 2 is 1.90 bits per heavy atom. The molecule has 2 N–H and O–H groups in total. The standard InChI is InChI=1S/C14H14N4O2S/c1-21(19,20)9-10-4-6-11(7-5-10)12-3-2-8-18-13(12)16-14(15)17-18/h2-8H,9H2,1H3,(H2,15,17). The second-order valence-corrected chi connectivity index (χ2v) is 7.07. The minimum absolute atomic E-state index is 0.0371. The van der Waals surface area contributed by atoms with Crippen LogP contribution in [0.2, 0.25) is 0 Å². The molecule has 0 amide bonds. The van der Waals surface area contributed by atoms with Crippen molar-refractivity contribution in [3.05, 3.63) is 48.2 Å². The van der Waals surface area contributed by atoms with Crippen LogP contribution in [0.5, 0.6) is 0 Å². The molecule has 1 aromatic carbocycles. The van der Waals surface area contributed by atoms with Crippen molar-refractivity contribution in [3.8, 4) is 11.1 Å². The zero-order chi connectivity index (χ0) is 15.0. The first-order valence-corrected chi connectivity index (χ1v) is 8.36. The van der Waals surface area contributed by atoms with Crippen molar-refractivity contribution < 1.29 is 8.42 Å². The van der Waals surface area contributed by atoms with Gasteiger partial charge in [0.25, 0.3) is 0 Å². The molecular weight excluding hydrogens is 288 g/mol. The summed E-state index contributed by atoms with van der Waals surface area (Å²) in [5.74, 6) is 0.256. The summed E-state index contributed by atoms with van der Waals surface area (Å²) >= 11 is 0. The highest BCUT2D eigenvalue weighted by atomic mass is 32.2. The molecule has 3 aromatic rings. The van der Waals surface area contributed by atoms with Gasteiger partial charge < -0.3 is 5.73 Å². The van der Waals surface area contributed by atoms with Crippen LogP contribution in [0.25, 0.3) is 16.8 Å². The SMILES string of the molecule is CS(=O)(=O)Cc1ccc(-c2cccn3nc(N)nc23)cc1. The highest BCUT2D eigenvalue weighted by Gasteiger charge is 2.09. The van der Waals surface area contributed by atoms with E-state index in [1.54, 1.807) is 22.8 Å². The van der Waals surface area contributed by atoms with Crippen LogP contribution in [-0.4, -0.2) is 29.3 Å². The highest BCUT2D eigenvalue weighted by molar-refractivity contribution is 7.89. The molecule has 3 rings (SSSR count). The monoisotopic (exact) mass is 302 g/mol. The minimum Gasteiger partial charge on any atom is -0.366 e. The molecule has 0 saturated carbocycles. The number of hydrogen-bond acceptors (Lipinski definition) is 5. The normalized spacial score (nSPS) is 11.9. The fraction of sp³-hybridized carbons (Fsp3) is 0.143. The molecule has 0 saturated heterocycles. The molecule has 7 heteroatoms. The largest absolute Gasteiger partial charge is 0.366 e. The number of nitrogens with two attached hydrogens (primary N) is 1. The quantitative estimate of drug-likeness (QED) is 0.792. The van der Waals surface area contributed by atoms with Crippen LogP contribution in [0.3, 0.4) is 0 Å². The molecule has 6 nitrogen and oxygen atoms in total. The van der Waals surface area contributed by atoms with Crippen LogP contribution in [0.4, 0.5) is 5.95 Å². The van der Waals surface area contributed by atoms with Crippen molar-refractivity contribution in [2.75, 3.05) is 12.0 Å². The van der Waals surface area contributed by atoms with Gasteiger partial charge in [0.2, 0.25) is 5.95 Å².